The van der Waals surface area contributed by atoms with Gasteiger partial charge in [0.15, 0.2) is 0 Å². The Bertz CT molecular complexity index is 394. The fourth-order valence-corrected chi connectivity index (χ4v) is 1.61. The number of halogens is 1. The van der Waals surface area contributed by atoms with Crippen LogP contribution in [0.15, 0.2) is 24.3 Å². The van der Waals surface area contributed by atoms with Crippen molar-refractivity contribution in [1.29, 1.82) is 5.26 Å². The van der Waals surface area contributed by atoms with E-state index in [9.17, 15) is 4.79 Å². The van der Waals surface area contributed by atoms with Gasteiger partial charge in [-0.25, -0.2) is 0 Å². The maximum atomic E-state index is 11.7. The zero-order chi connectivity index (χ0) is 12.0. The number of carbonyl (C=O) groups is 1. The molecule has 3 nitrogen and oxygen atoms in total. The molecule has 0 radical (unpaired) electrons. The summed E-state index contributed by atoms with van der Waals surface area (Å²) in [7, 11) is 0. The quantitative estimate of drug-likeness (QED) is 0.862. The lowest BCUT2D eigenvalue weighted by Crippen LogP contribution is -2.32. The summed E-state index contributed by atoms with van der Waals surface area (Å²) in [6, 6.07) is 9.27. The van der Waals surface area contributed by atoms with Gasteiger partial charge in [-0.3, -0.25) is 4.79 Å². The highest BCUT2D eigenvalue weighted by molar-refractivity contribution is 9.08. The lowest BCUT2D eigenvalue weighted by molar-refractivity contribution is 0.0941. The Kier molecular flexibility index (Phi) is 5.00. The smallest absolute Gasteiger partial charge is 0.251 e. The summed E-state index contributed by atoms with van der Waals surface area (Å²) in [6.07, 6.45) is 0.325. The summed E-state index contributed by atoms with van der Waals surface area (Å²) in [5.41, 5.74) is 1.75. The fourth-order valence-electron chi connectivity index (χ4n) is 1.24. The molecule has 0 aliphatic heterocycles. The monoisotopic (exact) mass is 280 g/mol. The molecule has 0 aliphatic rings. The zero-order valence-electron chi connectivity index (χ0n) is 9.03. The molecule has 0 aliphatic carbocycles. The van der Waals surface area contributed by atoms with Crippen LogP contribution in [0.5, 0.6) is 0 Å². The van der Waals surface area contributed by atoms with Crippen molar-refractivity contribution in [3.63, 3.8) is 0 Å². The van der Waals surface area contributed by atoms with Crippen molar-refractivity contribution in [3.05, 3.63) is 35.4 Å². The van der Waals surface area contributed by atoms with E-state index in [4.69, 9.17) is 5.26 Å². The molecule has 0 saturated heterocycles. The molecular weight excluding hydrogens is 268 g/mol. The zero-order valence-corrected chi connectivity index (χ0v) is 10.6. The molecule has 4 heteroatoms. The van der Waals surface area contributed by atoms with Crippen molar-refractivity contribution in [3.8, 4) is 6.07 Å². The van der Waals surface area contributed by atoms with Gasteiger partial charge < -0.3 is 5.32 Å². The van der Waals surface area contributed by atoms with E-state index in [0.717, 1.165) is 10.9 Å². The standard InChI is InChI=1S/C12H13BrN2O/c1-9(6-7-14)15-12(16)11-4-2-10(8-13)3-5-11/h2-5,9H,6,8H2,1H3,(H,15,16). The number of nitriles is 1. The predicted octanol–water partition coefficient (Wildman–Crippen LogP) is 2.61. The predicted molar refractivity (Wildman–Crippen MR) is 66.2 cm³/mol. The third kappa shape index (κ3) is 3.67. The number of nitrogens with one attached hydrogen (secondary N) is 1. The lowest BCUT2D eigenvalue weighted by atomic mass is 10.1. The Labute approximate surface area is 104 Å². The number of alkyl halides is 1. The van der Waals surface area contributed by atoms with Crippen molar-refractivity contribution in [2.24, 2.45) is 0 Å². The summed E-state index contributed by atoms with van der Waals surface area (Å²) in [4.78, 5) is 11.7. The SMILES string of the molecule is CC(CC#N)NC(=O)c1ccc(CBr)cc1. The fraction of sp³-hybridized carbons (Fsp3) is 0.333. The Balaban J connectivity index is 2.63. The van der Waals surface area contributed by atoms with E-state index in [1.54, 1.807) is 12.1 Å². The minimum Gasteiger partial charge on any atom is -0.349 e. The van der Waals surface area contributed by atoms with Crippen LogP contribution < -0.4 is 5.32 Å². The van der Waals surface area contributed by atoms with Crippen LogP contribution in [0.4, 0.5) is 0 Å². The number of hydrogen-bond donors (Lipinski definition) is 1. The van der Waals surface area contributed by atoms with Crippen LogP contribution in [-0.4, -0.2) is 11.9 Å². The van der Waals surface area contributed by atoms with Gasteiger partial charge in [0.1, 0.15) is 0 Å². The molecule has 0 fully saturated rings. The number of rotatable bonds is 4. The number of nitrogens with zero attached hydrogens (tertiary/aromatic N) is 1. The largest absolute Gasteiger partial charge is 0.349 e. The molecule has 0 saturated carbocycles. The first-order chi connectivity index (χ1) is 7.67. The highest BCUT2D eigenvalue weighted by atomic mass is 79.9. The third-order valence-electron chi connectivity index (χ3n) is 2.15. The van der Waals surface area contributed by atoms with Gasteiger partial charge in [0, 0.05) is 16.9 Å². The van der Waals surface area contributed by atoms with Gasteiger partial charge in [-0.15, -0.1) is 0 Å². The second kappa shape index (κ2) is 6.29. The van der Waals surface area contributed by atoms with Crippen LogP contribution in [0.3, 0.4) is 0 Å². The van der Waals surface area contributed by atoms with E-state index in [-0.39, 0.29) is 11.9 Å². The molecule has 0 aromatic heterocycles. The first kappa shape index (κ1) is 12.7. The summed E-state index contributed by atoms with van der Waals surface area (Å²) >= 11 is 3.34. The van der Waals surface area contributed by atoms with Gasteiger partial charge >= 0.3 is 0 Å². The van der Waals surface area contributed by atoms with Crippen molar-refractivity contribution in [1.82, 2.24) is 5.32 Å². The molecule has 0 spiro atoms. The van der Waals surface area contributed by atoms with Crippen LogP contribution in [0.25, 0.3) is 0 Å². The summed E-state index contributed by atoms with van der Waals surface area (Å²) in [6.45, 7) is 1.81. The molecule has 0 bridgehead atoms. The van der Waals surface area contributed by atoms with Crippen molar-refractivity contribution in [2.45, 2.75) is 24.7 Å². The molecule has 84 valence electrons. The lowest BCUT2D eigenvalue weighted by Gasteiger charge is -2.10. The molecule has 16 heavy (non-hydrogen) atoms. The minimum atomic E-state index is -0.135. The molecule has 1 rings (SSSR count). The highest BCUT2D eigenvalue weighted by Gasteiger charge is 2.08. The molecule has 1 aromatic carbocycles. The van der Waals surface area contributed by atoms with Crippen LogP contribution >= 0.6 is 15.9 Å². The molecule has 1 aromatic rings. The first-order valence-corrected chi connectivity index (χ1v) is 6.12. The number of amides is 1. The maximum absolute atomic E-state index is 11.7. The van der Waals surface area contributed by atoms with E-state index >= 15 is 0 Å². The maximum Gasteiger partial charge on any atom is 0.251 e. The van der Waals surface area contributed by atoms with Crippen LogP contribution in [-0.2, 0) is 5.33 Å². The van der Waals surface area contributed by atoms with Crippen molar-refractivity contribution >= 4 is 21.8 Å². The van der Waals surface area contributed by atoms with Gasteiger partial charge in [-0.1, -0.05) is 28.1 Å². The van der Waals surface area contributed by atoms with Crippen LogP contribution in [0.1, 0.15) is 29.3 Å². The Morgan fingerprint density at radius 2 is 2.12 bits per heavy atom. The van der Waals surface area contributed by atoms with Gasteiger partial charge in [-0.2, -0.15) is 5.26 Å². The molecular formula is C12H13BrN2O. The normalized spacial score (nSPS) is 11.6. The third-order valence-corrected chi connectivity index (χ3v) is 2.79. The Morgan fingerprint density at radius 1 is 1.50 bits per heavy atom. The Morgan fingerprint density at radius 3 is 2.62 bits per heavy atom. The van der Waals surface area contributed by atoms with E-state index in [0.29, 0.717) is 12.0 Å². The highest BCUT2D eigenvalue weighted by Crippen LogP contribution is 2.08. The first-order valence-electron chi connectivity index (χ1n) is 5.00. The molecule has 1 atom stereocenters. The van der Waals surface area contributed by atoms with Gasteiger partial charge in [0.25, 0.3) is 5.91 Å². The van der Waals surface area contributed by atoms with Crippen LogP contribution in [0.2, 0.25) is 0 Å². The molecule has 0 heterocycles. The number of carbonyl (C=O) groups excluding carboxylic acids is 1. The number of hydrogen-bond acceptors (Lipinski definition) is 2. The van der Waals surface area contributed by atoms with E-state index in [1.165, 1.54) is 0 Å². The van der Waals surface area contributed by atoms with E-state index in [1.807, 2.05) is 25.1 Å². The van der Waals surface area contributed by atoms with Gasteiger partial charge in [0.05, 0.1) is 12.5 Å². The topological polar surface area (TPSA) is 52.9 Å². The second-order valence-electron chi connectivity index (χ2n) is 3.57. The van der Waals surface area contributed by atoms with Crippen molar-refractivity contribution < 1.29 is 4.79 Å². The number of benzene rings is 1. The molecule has 1 amide bonds. The van der Waals surface area contributed by atoms with Crippen molar-refractivity contribution in [2.75, 3.05) is 0 Å². The average Bonchev–Trinajstić information content (AvgIpc) is 2.29. The van der Waals surface area contributed by atoms with Crippen LogP contribution in [0, 0.1) is 11.3 Å². The summed E-state index contributed by atoms with van der Waals surface area (Å²) < 4.78 is 0. The van der Waals surface area contributed by atoms with E-state index in [2.05, 4.69) is 21.2 Å². The average molecular weight is 281 g/mol. The molecule has 1 unspecified atom stereocenters. The van der Waals surface area contributed by atoms with Gasteiger partial charge in [-0.05, 0) is 24.6 Å². The summed E-state index contributed by atoms with van der Waals surface area (Å²) in [5.74, 6) is -0.135. The van der Waals surface area contributed by atoms with E-state index < -0.39 is 0 Å². The molecule has 1 N–H and O–H groups in total. The Hall–Kier alpha value is -1.34. The van der Waals surface area contributed by atoms with Gasteiger partial charge in [0.2, 0.25) is 0 Å². The summed E-state index contributed by atoms with van der Waals surface area (Å²) in [5, 5.41) is 12.0. The second-order valence-corrected chi connectivity index (χ2v) is 4.13. The minimum absolute atomic E-state index is 0.117.